The zero-order valence-corrected chi connectivity index (χ0v) is 21.1. The molecule has 1 saturated heterocycles. The van der Waals surface area contributed by atoms with E-state index in [1.807, 2.05) is 37.3 Å². The minimum Gasteiger partial charge on any atom is -0.378 e. The van der Waals surface area contributed by atoms with Crippen LogP contribution in [0.4, 0.5) is 17.5 Å². The van der Waals surface area contributed by atoms with Gasteiger partial charge < -0.3 is 24.8 Å². The molecule has 2 N–H and O–H groups in total. The number of aromatic amines is 1. The summed E-state index contributed by atoms with van der Waals surface area (Å²) in [6, 6.07) is 13.9. The van der Waals surface area contributed by atoms with Gasteiger partial charge in [-0.1, -0.05) is 11.6 Å². The molecule has 0 unspecified atom stereocenters. The summed E-state index contributed by atoms with van der Waals surface area (Å²) < 4.78 is 5.55. The molecular weight excluding hydrogens is 462 g/mol. The maximum atomic E-state index is 6.07. The number of H-pyrrole nitrogens is 1. The Morgan fingerprint density at radius 1 is 1.06 bits per heavy atom. The fraction of sp³-hybridized carbons (Fsp3) is 0.346. The lowest BCUT2D eigenvalue weighted by molar-refractivity contribution is 0.122. The molecule has 4 aromatic rings. The number of rotatable bonds is 7. The normalized spacial score (nSPS) is 14.1. The second kappa shape index (κ2) is 10.2. The summed E-state index contributed by atoms with van der Waals surface area (Å²) in [5.74, 6) is 2.33. The topological polar surface area (TPSA) is 82.2 Å². The monoisotopic (exact) mass is 491 g/mol. The van der Waals surface area contributed by atoms with Gasteiger partial charge in [0.05, 0.1) is 29.9 Å². The van der Waals surface area contributed by atoms with E-state index in [1.165, 1.54) is 5.56 Å². The molecule has 2 aromatic carbocycles. The summed E-state index contributed by atoms with van der Waals surface area (Å²) in [5, 5.41) is 4.12. The number of ether oxygens (including phenoxy) is 1. The predicted octanol–water partition coefficient (Wildman–Crippen LogP) is 4.67. The number of anilines is 3. The summed E-state index contributed by atoms with van der Waals surface area (Å²) >= 11 is 6.07. The van der Waals surface area contributed by atoms with Crippen LogP contribution in [0.25, 0.3) is 22.3 Å². The van der Waals surface area contributed by atoms with E-state index in [4.69, 9.17) is 31.3 Å². The quantitative estimate of drug-likeness (QED) is 0.389. The second-order valence-electron chi connectivity index (χ2n) is 9.08. The van der Waals surface area contributed by atoms with E-state index >= 15 is 0 Å². The van der Waals surface area contributed by atoms with Gasteiger partial charge in [0.15, 0.2) is 0 Å². The van der Waals surface area contributed by atoms with Crippen LogP contribution in [0.1, 0.15) is 11.4 Å². The molecular formula is C26H30ClN7O. The number of morpholine rings is 1. The SMILES string of the molecule is Cc1nc2c(CCN(C)C)cc(-c3cc(Nc4ccc(Cl)cc4)nc(N4CCOCC4)n3)cc2[nH]1. The van der Waals surface area contributed by atoms with Crippen LogP contribution in [-0.2, 0) is 11.2 Å². The second-order valence-corrected chi connectivity index (χ2v) is 9.51. The van der Waals surface area contributed by atoms with E-state index in [0.29, 0.717) is 24.2 Å². The predicted molar refractivity (Wildman–Crippen MR) is 142 cm³/mol. The lowest BCUT2D eigenvalue weighted by atomic mass is 10.0. The van der Waals surface area contributed by atoms with Crippen LogP contribution < -0.4 is 10.2 Å². The Bertz CT molecular complexity index is 1310. The summed E-state index contributed by atoms with van der Waals surface area (Å²) in [5.41, 5.74) is 6.05. The summed E-state index contributed by atoms with van der Waals surface area (Å²) in [7, 11) is 4.18. The van der Waals surface area contributed by atoms with Crippen LogP contribution in [-0.4, -0.2) is 71.8 Å². The Balaban J connectivity index is 1.58. The highest BCUT2D eigenvalue weighted by atomic mass is 35.5. The lowest BCUT2D eigenvalue weighted by Gasteiger charge is -2.27. The number of likely N-dealkylation sites (N-methyl/N-ethyl adjacent to an activating group) is 1. The Morgan fingerprint density at radius 2 is 1.83 bits per heavy atom. The molecule has 0 saturated carbocycles. The number of nitrogens with zero attached hydrogens (tertiary/aromatic N) is 5. The van der Waals surface area contributed by atoms with Gasteiger partial charge in [-0.3, -0.25) is 0 Å². The fourth-order valence-electron chi connectivity index (χ4n) is 4.23. The van der Waals surface area contributed by atoms with Crippen molar-refractivity contribution in [3.63, 3.8) is 0 Å². The van der Waals surface area contributed by atoms with Crippen molar-refractivity contribution in [3.8, 4) is 11.3 Å². The molecule has 2 aromatic heterocycles. The van der Waals surface area contributed by atoms with Crippen LogP contribution in [0, 0.1) is 6.92 Å². The first-order valence-corrected chi connectivity index (χ1v) is 12.2. The number of aryl methyl sites for hydroxylation is 1. The molecule has 0 aliphatic carbocycles. The zero-order valence-electron chi connectivity index (χ0n) is 20.3. The van der Waals surface area contributed by atoms with Crippen LogP contribution in [0.5, 0.6) is 0 Å². The third kappa shape index (κ3) is 5.56. The molecule has 8 nitrogen and oxygen atoms in total. The van der Waals surface area contributed by atoms with Crippen molar-refractivity contribution < 1.29 is 4.74 Å². The van der Waals surface area contributed by atoms with Gasteiger partial charge in [-0.05, 0) is 69.4 Å². The van der Waals surface area contributed by atoms with Gasteiger partial charge in [-0.2, -0.15) is 4.98 Å². The first-order valence-electron chi connectivity index (χ1n) is 11.8. The first-order chi connectivity index (χ1) is 16.9. The number of imidazole rings is 1. The Morgan fingerprint density at radius 3 is 2.57 bits per heavy atom. The standard InChI is InChI=1S/C26H30ClN7O/c1-17-28-23-15-19(14-18(25(23)29-17)8-9-33(2)3)22-16-24(30-21-6-4-20(27)5-7-21)32-26(31-22)34-10-12-35-13-11-34/h4-7,14-16H,8-13H2,1-3H3,(H,28,29)(H,30,31,32). The van der Waals surface area contributed by atoms with Crippen LogP contribution in [0.15, 0.2) is 42.5 Å². The lowest BCUT2D eigenvalue weighted by Crippen LogP contribution is -2.37. The number of nitrogens with one attached hydrogen (secondary N) is 2. The van der Waals surface area contributed by atoms with Crippen molar-refractivity contribution in [1.82, 2.24) is 24.8 Å². The third-order valence-corrected chi connectivity index (χ3v) is 6.28. The van der Waals surface area contributed by atoms with Crippen LogP contribution in [0.2, 0.25) is 5.02 Å². The molecule has 1 aliphatic rings. The first kappa shape index (κ1) is 23.5. The highest BCUT2D eigenvalue weighted by Crippen LogP contribution is 2.30. The van der Waals surface area contributed by atoms with Gasteiger partial charge in [0.2, 0.25) is 5.95 Å². The molecule has 0 atom stereocenters. The molecule has 35 heavy (non-hydrogen) atoms. The highest BCUT2D eigenvalue weighted by Gasteiger charge is 2.18. The third-order valence-electron chi connectivity index (χ3n) is 6.03. The number of aromatic nitrogens is 4. The van der Waals surface area contributed by atoms with Crippen molar-refractivity contribution in [3.05, 3.63) is 58.9 Å². The van der Waals surface area contributed by atoms with Crippen molar-refractivity contribution in [2.24, 2.45) is 0 Å². The molecule has 1 fully saturated rings. The minimum atomic E-state index is 0.668. The minimum absolute atomic E-state index is 0.668. The molecule has 5 rings (SSSR count). The number of hydrogen-bond acceptors (Lipinski definition) is 7. The number of hydrogen-bond donors (Lipinski definition) is 2. The van der Waals surface area contributed by atoms with Gasteiger partial charge >= 0.3 is 0 Å². The van der Waals surface area contributed by atoms with Gasteiger partial charge in [0.25, 0.3) is 0 Å². The maximum absolute atomic E-state index is 6.07. The Labute approximate surface area is 210 Å². The highest BCUT2D eigenvalue weighted by molar-refractivity contribution is 6.30. The number of halogens is 1. The molecule has 1 aliphatic heterocycles. The van der Waals surface area contributed by atoms with E-state index in [1.54, 1.807) is 0 Å². The van der Waals surface area contributed by atoms with Crippen molar-refractivity contribution in [1.29, 1.82) is 0 Å². The van der Waals surface area contributed by atoms with Crippen molar-refractivity contribution in [2.75, 3.05) is 57.2 Å². The van der Waals surface area contributed by atoms with Gasteiger partial charge in [0.1, 0.15) is 11.6 Å². The smallest absolute Gasteiger partial charge is 0.228 e. The molecule has 9 heteroatoms. The molecule has 0 radical (unpaired) electrons. The fourth-order valence-corrected chi connectivity index (χ4v) is 4.35. The van der Waals surface area contributed by atoms with Crippen molar-refractivity contribution >= 4 is 40.1 Å². The summed E-state index contributed by atoms with van der Waals surface area (Å²) in [6.07, 6.45) is 0.902. The van der Waals surface area contributed by atoms with E-state index in [2.05, 4.69) is 46.3 Å². The molecule has 3 heterocycles. The molecule has 182 valence electrons. The average molecular weight is 492 g/mol. The van der Waals surface area contributed by atoms with Crippen molar-refractivity contribution in [2.45, 2.75) is 13.3 Å². The van der Waals surface area contributed by atoms with E-state index in [-0.39, 0.29) is 0 Å². The van der Waals surface area contributed by atoms with Crippen LogP contribution >= 0.6 is 11.6 Å². The van der Waals surface area contributed by atoms with Gasteiger partial charge in [-0.25, -0.2) is 9.97 Å². The molecule has 0 spiro atoms. The summed E-state index contributed by atoms with van der Waals surface area (Å²) in [6.45, 7) is 5.79. The Kier molecular flexibility index (Phi) is 6.86. The van der Waals surface area contributed by atoms with Gasteiger partial charge in [0, 0.05) is 42.0 Å². The molecule has 0 amide bonds. The summed E-state index contributed by atoms with van der Waals surface area (Å²) in [4.78, 5) is 22.3. The van der Waals surface area contributed by atoms with Crippen LogP contribution in [0.3, 0.4) is 0 Å². The van der Waals surface area contributed by atoms with E-state index in [0.717, 1.165) is 65.7 Å². The maximum Gasteiger partial charge on any atom is 0.228 e. The van der Waals surface area contributed by atoms with Gasteiger partial charge in [-0.15, -0.1) is 0 Å². The number of fused-ring (bicyclic) bond motifs is 1. The zero-order chi connectivity index (χ0) is 24.4. The molecule has 0 bridgehead atoms. The largest absolute Gasteiger partial charge is 0.378 e. The average Bonchev–Trinajstić information content (AvgIpc) is 3.24. The Hall–Kier alpha value is -3.20. The van der Waals surface area contributed by atoms with E-state index in [9.17, 15) is 0 Å². The van der Waals surface area contributed by atoms with E-state index < -0.39 is 0 Å². The number of benzene rings is 2.